The van der Waals surface area contributed by atoms with E-state index in [1.807, 2.05) is 6.07 Å². The van der Waals surface area contributed by atoms with Gasteiger partial charge in [-0.3, -0.25) is 14.7 Å². The third kappa shape index (κ3) is 4.20. The van der Waals surface area contributed by atoms with E-state index < -0.39 is 0 Å². The number of hydrogen-bond acceptors (Lipinski definition) is 3. The fourth-order valence-electron chi connectivity index (χ4n) is 3.27. The van der Waals surface area contributed by atoms with Gasteiger partial charge in [0.05, 0.1) is 6.04 Å². The van der Waals surface area contributed by atoms with Crippen LogP contribution in [0.4, 0.5) is 0 Å². The van der Waals surface area contributed by atoms with Crippen LogP contribution in [-0.2, 0) is 0 Å². The second-order valence-electron chi connectivity index (χ2n) is 6.59. The molecule has 1 amide bonds. The highest BCUT2D eigenvalue weighted by molar-refractivity contribution is 5.93. The molecule has 1 atom stereocenters. The zero-order valence-corrected chi connectivity index (χ0v) is 14.2. The van der Waals surface area contributed by atoms with Crippen LogP contribution in [0.15, 0.2) is 54.9 Å². The lowest BCUT2D eigenvalue weighted by atomic mass is 9.95. The van der Waals surface area contributed by atoms with Gasteiger partial charge in [0.15, 0.2) is 0 Å². The maximum Gasteiger partial charge on any atom is 0.251 e. The molecule has 3 rings (SSSR count). The van der Waals surface area contributed by atoms with Gasteiger partial charge in [-0.05, 0) is 49.5 Å². The highest BCUT2D eigenvalue weighted by Gasteiger charge is 2.25. The van der Waals surface area contributed by atoms with Crippen molar-refractivity contribution in [1.82, 2.24) is 15.2 Å². The summed E-state index contributed by atoms with van der Waals surface area (Å²) in [6.45, 7) is 5.12. The zero-order chi connectivity index (χ0) is 16.8. The van der Waals surface area contributed by atoms with E-state index in [1.165, 1.54) is 18.4 Å². The van der Waals surface area contributed by atoms with Gasteiger partial charge in [0.1, 0.15) is 0 Å². The summed E-state index contributed by atoms with van der Waals surface area (Å²) in [5.74, 6) is 0.757. The van der Waals surface area contributed by atoms with E-state index in [0.29, 0.717) is 12.1 Å². The molecule has 4 heteroatoms. The minimum atomic E-state index is -0.0382. The highest BCUT2D eigenvalue weighted by Crippen LogP contribution is 2.26. The normalized spacial score (nSPS) is 17.4. The Labute approximate surface area is 143 Å². The Kier molecular flexibility index (Phi) is 5.59. The Hall–Kier alpha value is -2.20. The molecule has 126 valence electrons. The standard InChI is InChI=1S/C20H25N3O/c1-16-9-13-23(14-10-16)19(17-5-3-2-4-6-17)15-22-20(24)18-7-11-21-12-8-18/h2-8,11-12,16,19H,9-10,13-15H2,1H3,(H,22,24). The van der Waals surface area contributed by atoms with Crippen LogP contribution in [0.2, 0.25) is 0 Å². The van der Waals surface area contributed by atoms with Crippen molar-refractivity contribution < 1.29 is 4.79 Å². The van der Waals surface area contributed by atoms with E-state index in [4.69, 9.17) is 0 Å². The molecule has 1 aliphatic rings. The van der Waals surface area contributed by atoms with Crippen molar-refractivity contribution in [3.63, 3.8) is 0 Å². The van der Waals surface area contributed by atoms with Crippen LogP contribution in [0, 0.1) is 5.92 Å². The molecule has 0 aliphatic carbocycles. The van der Waals surface area contributed by atoms with E-state index in [9.17, 15) is 4.79 Å². The van der Waals surface area contributed by atoms with Crippen molar-refractivity contribution in [1.29, 1.82) is 0 Å². The Morgan fingerprint density at radius 3 is 2.50 bits per heavy atom. The molecule has 0 spiro atoms. The fraction of sp³-hybridized carbons (Fsp3) is 0.400. The summed E-state index contributed by atoms with van der Waals surface area (Å²) in [7, 11) is 0. The Balaban J connectivity index is 1.69. The molecule has 4 nitrogen and oxygen atoms in total. The van der Waals surface area contributed by atoms with Crippen molar-refractivity contribution >= 4 is 5.91 Å². The first-order valence-electron chi connectivity index (χ1n) is 8.71. The van der Waals surface area contributed by atoms with E-state index in [1.54, 1.807) is 24.5 Å². The van der Waals surface area contributed by atoms with Gasteiger partial charge in [-0.2, -0.15) is 0 Å². The number of benzene rings is 1. The maximum absolute atomic E-state index is 12.4. The van der Waals surface area contributed by atoms with Crippen LogP contribution in [0.1, 0.15) is 41.7 Å². The average molecular weight is 323 g/mol. The number of likely N-dealkylation sites (tertiary alicyclic amines) is 1. The van der Waals surface area contributed by atoms with Gasteiger partial charge in [-0.15, -0.1) is 0 Å². The number of rotatable bonds is 5. The van der Waals surface area contributed by atoms with Gasteiger partial charge in [0, 0.05) is 24.5 Å². The number of piperidine rings is 1. The van der Waals surface area contributed by atoms with Crippen molar-refractivity contribution in [2.75, 3.05) is 19.6 Å². The number of carbonyl (C=O) groups excluding carboxylic acids is 1. The summed E-state index contributed by atoms with van der Waals surface area (Å²) in [5.41, 5.74) is 1.92. The van der Waals surface area contributed by atoms with Gasteiger partial charge < -0.3 is 5.32 Å². The van der Waals surface area contributed by atoms with Crippen molar-refractivity contribution in [2.24, 2.45) is 5.92 Å². The van der Waals surface area contributed by atoms with Gasteiger partial charge in [0.25, 0.3) is 5.91 Å². The molecule has 0 bridgehead atoms. The van der Waals surface area contributed by atoms with Gasteiger partial charge in [-0.1, -0.05) is 37.3 Å². The second kappa shape index (κ2) is 8.06. The third-order valence-electron chi connectivity index (χ3n) is 4.84. The number of carbonyl (C=O) groups is 1. The van der Waals surface area contributed by atoms with Crippen LogP contribution in [0.3, 0.4) is 0 Å². The number of nitrogens with zero attached hydrogens (tertiary/aromatic N) is 2. The summed E-state index contributed by atoms with van der Waals surface area (Å²) in [6, 6.07) is 14.2. The van der Waals surface area contributed by atoms with Crippen LogP contribution in [0.25, 0.3) is 0 Å². The lowest BCUT2D eigenvalue weighted by Crippen LogP contribution is -2.42. The van der Waals surface area contributed by atoms with Crippen LogP contribution < -0.4 is 5.32 Å². The molecule has 1 fully saturated rings. The van der Waals surface area contributed by atoms with Crippen molar-refractivity contribution in [2.45, 2.75) is 25.8 Å². The molecule has 1 aromatic carbocycles. The Morgan fingerprint density at radius 2 is 1.83 bits per heavy atom. The quantitative estimate of drug-likeness (QED) is 0.918. The summed E-state index contributed by atoms with van der Waals surface area (Å²) in [4.78, 5) is 18.8. The minimum Gasteiger partial charge on any atom is -0.350 e. The molecule has 1 saturated heterocycles. The van der Waals surface area contributed by atoms with Crippen LogP contribution in [0.5, 0.6) is 0 Å². The smallest absolute Gasteiger partial charge is 0.251 e. The summed E-state index contributed by atoms with van der Waals surface area (Å²) < 4.78 is 0. The molecule has 2 aromatic rings. The van der Waals surface area contributed by atoms with E-state index >= 15 is 0 Å². The van der Waals surface area contributed by atoms with Gasteiger partial charge in [-0.25, -0.2) is 0 Å². The number of amides is 1. The summed E-state index contributed by atoms with van der Waals surface area (Å²) >= 11 is 0. The number of pyridine rings is 1. The van der Waals surface area contributed by atoms with Gasteiger partial charge >= 0.3 is 0 Å². The predicted octanol–water partition coefficient (Wildman–Crippen LogP) is 3.28. The molecule has 0 radical (unpaired) electrons. The van der Waals surface area contributed by atoms with Crippen molar-refractivity contribution in [3.05, 3.63) is 66.0 Å². The molecule has 1 aromatic heterocycles. The monoisotopic (exact) mass is 323 g/mol. The fourth-order valence-corrected chi connectivity index (χ4v) is 3.27. The molecule has 2 heterocycles. The predicted molar refractivity (Wildman–Crippen MR) is 95.7 cm³/mol. The number of nitrogens with one attached hydrogen (secondary N) is 1. The first kappa shape index (κ1) is 16.7. The summed E-state index contributed by atoms with van der Waals surface area (Å²) in [6.07, 6.45) is 5.74. The molecule has 1 N–H and O–H groups in total. The maximum atomic E-state index is 12.4. The number of hydrogen-bond donors (Lipinski definition) is 1. The van der Waals surface area contributed by atoms with Gasteiger partial charge in [0.2, 0.25) is 0 Å². The third-order valence-corrected chi connectivity index (χ3v) is 4.84. The molecule has 1 unspecified atom stereocenters. The second-order valence-corrected chi connectivity index (χ2v) is 6.59. The average Bonchev–Trinajstić information content (AvgIpc) is 2.65. The van der Waals surface area contributed by atoms with E-state index in [-0.39, 0.29) is 11.9 Å². The highest BCUT2D eigenvalue weighted by atomic mass is 16.1. The lowest BCUT2D eigenvalue weighted by Gasteiger charge is -2.37. The molecule has 0 saturated carbocycles. The molecular weight excluding hydrogens is 298 g/mol. The topological polar surface area (TPSA) is 45.2 Å². The minimum absolute atomic E-state index is 0.0382. The Bertz CT molecular complexity index is 636. The largest absolute Gasteiger partial charge is 0.350 e. The number of aromatic nitrogens is 1. The Morgan fingerprint density at radius 1 is 1.17 bits per heavy atom. The summed E-state index contributed by atoms with van der Waals surface area (Å²) in [5, 5.41) is 3.10. The van der Waals surface area contributed by atoms with Crippen LogP contribution in [-0.4, -0.2) is 35.4 Å². The zero-order valence-electron chi connectivity index (χ0n) is 14.2. The molecular formula is C20H25N3O. The first-order chi connectivity index (χ1) is 11.7. The molecule has 24 heavy (non-hydrogen) atoms. The van der Waals surface area contributed by atoms with E-state index in [0.717, 1.165) is 19.0 Å². The SMILES string of the molecule is CC1CCN(C(CNC(=O)c2ccncc2)c2ccccc2)CC1. The lowest BCUT2D eigenvalue weighted by molar-refractivity contribution is 0.0913. The van der Waals surface area contributed by atoms with E-state index in [2.05, 4.69) is 46.4 Å². The molecule has 1 aliphatic heterocycles. The first-order valence-corrected chi connectivity index (χ1v) is 8.71. The van der Waals surface area contributed by atoms with Crippen LogP contribution >= 0.6 is 0 Å². The van der Waals surface area contributed by atoms with Crippen molar-refractivity contribution in [3.8, 4) is 0 Å².